The van der Waals surface area contributed by atoms with Crippen LogP contribution >= 0.6 is 0 Å². The number of terminal acetylenes is 1. The van der Waals surface area contributed by atoms with Crippen LogP contribution in [0.2, 0.25) is 0 Å². The van der Waals surface area contributed by atoms with E-state index in [0.29, 0.717) is 0 Å². The molecule has 0 bridgehead atoms. The van der Waals surface area contributed by atoms with E-state index in [9.17, 15) is 4.79 Å². The lowest BCUT2D eigenvalue weighted by molar-refractivity contribution is -0.143. The number of aliphatic carboxylic acids is 1. The zero-order valence-electron chi connectivity index (χ0n) is 8.19. The molecule has 1 heterocycles. The fraction of sp³-hybridized carbons (Fsp3) is 0.700. The van der Waals surface area contributed by atoms with E-state index in [2.05, 4.69) is 11.2 Å². The van der Waals surface area contributed by atoms with Gasteiger partial charge in [-0.05, 0) is 19.8 Å². The molecule has 4 nitrogen and oxygen atoms in total. The van der Waals surface area contributed by atoms with Crippen molar-refractivity contribution in [3.05, 3.63) is 0 Å². The average molecular weight is 197 g/mol. The van der Waals surface area contributed by atoms with Crippen LogP contribution in [-0.4, -0.2) is 35.9 Å². The summed E-state index contributed by atoms with van der Waals surface area (Å²) in [5.41, 5.74) is 0. The standard InChI is InChI=1S/C10H15NO3/c1-3-6-11-9(10(12)13)8-5-4-7(2)14-8/h1,7-9,11H,4-6H2,2H3,(H,12,13). The van der Waals surface area contributed by atoms with Gasteiger partial charge in [0.1, 0.15) is 6.04 Å². The molecule has 1 aliphatic heterocycles. The minimum atomic E-state index is -0.903. The molecule has 0 aromatic heterocycles. The van der Waals surface area contributed by atoms with Crippen molar-refractivity contribution in [1.29, 1.82) is 0 Å². The molecule has 2 N–H and O–H groups in total. The molecule has 0 spiro atoms. The molecule has 0 amide bonds. The predicted octanol–water partition coefficient (Wildman–Crippen LogP) is 0.230. The third-order valence-electron chi connectivity index (χ3n) is 2.33. The molecule has 3 atom stereocenters. The molecule has 0 radical (unpaired) electrons. The van der Waals surface area contributed by atoms with Crippen molar-refractivity contribution in [3.8, 4) is 12.3 Å². The molecule has 1 rings (SSSR count). The topological polar surface area (TPSA) is 58.6 Å². The Labute approximate surface area is 83.6 Å². The number of ether oxygens (including phenoxy) is 1. The van der Waals surface area contributed by atoms with Crippen molar-refractivity contribution in [2.24, 2.45) is 0 Å². The number of carbonyl (C=O) groups is 1. The monoisotopic (exact) mass is 197 g/mol. The van der Waals surface area contributed by atoms with Crippen LogP contribution in [0.3, 0.4) is 0 Å². The minimum Gasteiger partial charge on any atom is -0.480 e. The van der Waals surface area contributed by atoms with Crippen LogP contribution in [0, 0.1) is 12.3 Å². The Hall–Kier alpha value is -1.05. The van der Waals surface area contributed by atoms with Crippen molar-refractivity contribution < 1.29 is 14.6 Å². The lowest BCUT2D eigenvalue weighted by atomic mass is 10.1. The highest BCUT2D eigenvalue weighted by Gasteiger charge is 2.33. The molecule has 1 aliphatic rings. The normalized spacial score (nSPS) is 28.3. The Kier molecular flexibility index (Phi) is 3.93. The Balaban J connectivity index is 2.50. The Morgan fingerprint density at radius 3 is 2.93 bits per heavy atom. The maximum absolute atomic E-state index is 10.9. The summed E-state index contributed by atoms with van der Waals surface area (Å²) < 4.78 is 5.47. The second kappa shape index (κ2) is 4.99. The van der Waals surface area contributed by atoms with Crippen LogP contribution in [-0.2, 0) is 9.53 Å². The highest BCUT2D eigenvalue weighted by atomic mass is 16.5. The lowest BCUT2D eigenvalue weighted by Crippen LogP contribution is -2.46. The zero-order chi connectivity index (χ0) is 10.6. The zero-order valence-corrected chi connectivity index (χ0v) is 8.19. The molecule has 1 fully saturated rings. The Morgan fingerprint density at radius 2 is 2.50 bits per heavy atom. The van der Waals surface area contributed by atoms with Crippen LogP contribution in [0.4, 0.5) is 0 Å². The lowest BCUT2D eigenvalue weighted by Gasteiger charge is -2.19. The molecular formula is C10H15NO3. The van der Waals surface area contributed by atoms with Gasteiger partial charge in [-0.25, -0.2) is 0 Å². The van der Waals surface area contributed by atoms with Crippen molar-refractivity contribution in [2.45, 2.75) is 38.0 Å². The van der Waals surface area contributed by atoms with Gasteiger partial charge in [0, 0.05) is 0 Å². The third kappa shape index (κ3) is 2.72. The molecule has 4 heteroatoms. The molecule has 3 unspecified atom stereocenters. The number of hydrogen-bond acceptors (Lipinski definition) is 3. The summed E-state index contributed by atoms with van der Waals surface area (Å²) in [5.74, 6) is 1.45. The first-order chi connectivity index (χ1) is 6.65. The van der Waals surface area contributed by atoms with Crippen molar-refractivity contribution >= 4 is 5.97 Å². The van der Waals surface area contributed by atoms with Gasteiger partial charge in [0.2, 0.25) is 0 Å². The van der Waals surface area contributed by atoms with Gasteiger partial charge in [-0.15, -0.1) is 6.42 Å². The highest BCUT2D eigenvalue weighted by molar-refractivity contribution is 5.74. The maximum Gasteiger partial charge on any atom is 0.323 e. The summed E-state index contributed by atoms with van der Waals surface area (Å²) in [6, 6.07) is -0.684. The van der Waals surface area contributed by atoms with Gasteiger partial charge < -0.3 is 9.84 Å². The summed E-state index contributed by atoms with van der Waals surface area (Å²) in [6.45, 7) is 2.20. The van der Waals surface area contributed by atoms with Crippen LogP contribution in [0.25, 0.3) is 0 Å². The quantitative estimate of drug-likeness (QED) is 0.633. The second-order valence-electron chi connectivity index (χ2n) is 3.46. The number of nitrogens with one attached hydrogen (secondary N) is 1. The molecule has 0 aliphatic carbocycles. The smallest absolute Gasteiger partial charge is 0.323 e. The van der Waals surface area contributed by atoms with E-state index in [1.54, 1.807) is 0 Å². The fourth-order valence-electron chi connectivity index (χ4n) is 1.63. The summed E-state index contributed by atoms with van der Waals surface area (Å²) >= 11 is 0. The SMILES string of the molecule is C#CCNC(C(=O)O)C1CCC(C)O1. The second-order valence-corrected chi connectivity index (χ2v) is 3.46. The van der Waals surface area contributed by atoms with Crippen LogP contribution < -0.4 is 5.32 Å². The van der Waals surface area contributed by atoms with E-state index in [1.165, 1.54) is 0 Å². The Morgan fingerprint density at radius 1 is 1.79 bits per heavy atom. The van der Waals surface area contributed by atoms with Crippen LogP contribution in [0.1, 0.15) is 19.8 Å². The van der Waals surface area contributed by atoms with Crippen molar-refractivity contribution in [1.82, 2.24) is 5.32 Å². The molecule has 1 saturated heterocycles. The summed E-state index contributed by atoms with van der Waals surface area (Å²) in [5, 5.41) is 11.7. The summed E-state index contributed by atoms with van der Waals surface area (Å²) in [6.07, 6.45) is 6.63. The molecule has 0 saturated carbocycles. The van der Waals surface area contributed by atoms with Gasteiger partial charge in [-0.1, -0.05) is 5.92 Å². The molecular weight excluding hydrogens is 182 g/mol. The maximum atomic E-state index is 10.9. The number of carboxylic acids is 1. The van der Waals surface area contributed by atoms with E-state index in [4.69, 9.17) is 16.3 Å². The van der Waals surface area contributed by atoms with Gasteiger partial charge in [0.05, 0.1) is 18.8 Å². The largest absolute Gasteiger partial charge is 0.480 e. The van der Waals surface area contributed by atoms with Crippen molar-refractivity contribution in [2.75, 3.05) is 6.54 Å². The van der Waals surface area contributed by atoms with E-state index >= 15 is 0 Å². The predicted molar refractivity (Wildman–Crippen MR) is 51.8 cm³/mol. The van der Waals surface area contributed by atoms with Crippen molar-refractivity contribution in [3.63, 3.8) is 0 Å². The minimum absolute atomic E-state index is 0.148. The van der Waals surface area contributed by atoms with Crippen LogP contribution in [0.5, 0.6) is 0 Å². The summed E-state index contributed by atoms with van der Waals surface area (Å²) in [7, 11) is 0. The van der Waals surface area contributed by atoms with E-state index in [0.717, 1.165) is 12.8 Å². The van der Waals surface area contributed by atoms with Gasteiger partial charge in [-0.2, -0.15) is 0 Å². The first-order valence-electron chi connectivity index (χ1n) is 4.70. The van der Waals surface area contributed by atoms with Gasteiger partial charge in [0.25, 0.3) is 0 Å². The van der Waals surface area contributed by atoms with Crippen LogP contribution in [0.15, 0.2) is 0 Å². The van der Waals surface area contributed by atoms with Gasteiger partial charge in [-0.3, -0.25) is 10.1 Å². The molecule has 78 valence electrons. The fourth-order valence-corrected chi connectivity index (χ4v) is 1.63. The third-order valence-corrected chi connectivity index (χ3v) is 2.33. The Bertz CT molecular complexity index is 246. The van der Waals surface area contributed by atoms with E-state index in [1.807, 2.05) is 6.92 Å². The summed E-state index contributed by atoms with van der Waals surface area (Å²) in [4.78, 5) is 10.9. The molecule has 14 heavy (non-hydrogen) atoms. The van der Waals surface area contributed by atoms with E-state index in [-0.39, 0.29) is 18.8 Å². The first kappa shape index (κ1) is 11.0. The van der Waals surface area contributed by atoms with Gasteiger partial charge >= 0.3 is 5.97 Å². The molecule has 0 aromatic rings. The highest BCUT2D eigenvalue weighted by Crippen LogP contribution is 2.21. The number of carboxylic acid groups (broad SMARTS) is 1. The van der Waals surface area contributed by atoms with Gasteiger partial charge in [0.15, 0.2) is 0 Å². The molecule has 0 aromatic carbocycles. The average Bonchev–Trinajstić information content (AvgIpc) is 2.52. The number of hydrogen-bond donors (Lipinski definition) is 2. The number of rotatable bonds is 4. The first-order valence-corrected chi connectivity index (χ1v) is 4.70. The van der Waals surface area contributed by atoms with E-state index < -0.39 is 12.0 Å².